The summed E-state index contributed by atoms with van der Waals surface area (Å²) < 4.78 is 4.20. The molecule has 0 saturated carbocycles. The van der Waals surface area contributed by atoms with E-state index in [4.69, 9.17) is 0 Å². The average Bonchev–Trinajstić information content (AvgIpc) is 3.19. The zero-order valence-corrected chi connectivity index (χ0v) is 16.6. The van der Waals surface area contributed by atoms with E-state index < -0.39 is 0 Å². The van der Waals surface area contributed by atoms with Gasteiger partial charge in [0.25, 0.3) is 0 Å². The van der Waals surface area contributed by atoms with Gasteiger partial charge in [-0.15, -0.1) is 0 Å². The van der Waals surface area contributed by atoms with Gasteiger partial charge < -0.3 is 8.80 Å². The normalized spacial score (nSPS) is 12.2. The first-order valence-electron chi connectivity index (χ1n) is 9.03. The Hall–Kier alpha value is -2.62. The molecule has 0 unspecified atom stereocenters. The molecule has 0 aromatic carbocycles. The molecule has 0 aliphatic heterocycles. The maximum atomic E-state index is 4.43. The lowest BCUT2D eigenvalue weighted by atomic mass is 9.91. The minimum absolute atomic E-state index is 0.121. The van der Waals surface area contributed by atoms with Crippen molar-refractivity contribution in [2.24, 2.45) is 0 Å². The first-order chi connectivity index (χ1) is 12.2. The summed E-state index contributed by atoms with van der Waals surface area (Å²) in [5.74, 6) is 0. The van der Waals surface area contributed by atoms with Crippen molar-refractivity contribution in [3.8, 4) is 0 Å². The second kappa shape index (κ2) is 6.60. The molecule has 136 valence electrons. The van der Waals surface area contributed by atoms with Gasteiger partial charge >= 0.3 is 0 Å². The zero-order valence-electron chi connectivity index (χ0n) is 16.6. The topological polar surface area (TPSA) is 34.6 Å². The first kappa shape index (κ1) is 18.2. The summed E-state index contributed by atoms with van der Waals surface area (Å²) in [6.45, 7) is 13.1. The molecular weight excluding hydrogens is 320 g/mol. The lowest BCUT2D eigenvalue weighted by Crippen LogP contribution is -2.13. The van der Waals surface area contributed by atoms with Crippen LogP contribution >= 0.6 is 0 Å². The third-order valence-electron chi connectivity index (χ3n) is 4.34. The largest absolute Gasteiger partial charge is 0.306 e. The molecule has 0 amide bonds. The van der Waals surface area contributed by atoms with E-state index in [1.807, 2.05) is 49.1 Å². The molecular formula is C22H28N4. The Morgan fingerprint density at radius 1 is 0.769 bits per heavy atom. The molecule has 0 bridgehead atoms. The molecule has 0 atom stereocenters. The fourth-order valence-corrected chi connectivity index (χ4v) is 3.01. The molecule has 4 rings (SSSR count). The van der Waals surface area contributed by atoms with Crippen LogP contribution in [0.4, 0.5) is 0 Å². The highest BCUT2D eigenvalue weighted by Gasteiger charge is 2.19. The van der Waals surface area contributed by atoms with Crippen LogP contribution in [0.5, 0.6) is 0 Å². The van der Waals surface area contributed by atoms with Crippen molar-refractivity contribution in [2.75, 3.05) is 0 Å². The standard InChI is InChI=1S/2C11H14N2/c1-11(2,3)9-8-12-10-6-4-5-7-13(9)10;1-11(2,3)10-9-6-4-5-7-13(9)8-12-10/h2*4-8H,1-3H3. The third-order valence-corrected chi connectivity index (χ3v) is 4.34. The van der Waals surface area contributed by atoms with Crippen molar-refractivity contribution < 1.29 is 0 Å². The van der Waals surface area contributed by atoms with E-state index in [9.17, 15) is 0 Å². The molecule has 4 aromatic rings. The van der Waals surface area contributed by atoms with Crippen molar-refractivity contribution in [1.29, 1.82) is 0 Å². The summed E-state index contributed by atoms with van der Waals surface area (Å²) in [7, 11) is 0. The number of nitrogens with zero attached hydrogens (tertiary/aromatic N) is 4. The van der Waals surface area contributed by atoms with E-state index >= 15 is 0 Å². The number of aromatic nitrogens is 4. The van der Waals surface area contributed by atoms with Crippen molar-refractivity contribution in [3.05, 3.63) is 72.7 Å². The van der Waals surface area contributed by atoms with E-state index in [0.29, 0.717) is 0 Å². The Kier molecular flexibility index (Phi) is 4.61. The summed E-state index contributed by atoms with van der Waals surface area (Å²) in [6, 6.07) is 12.2. The highest BCUT2D eigenvalue weighted by atomic mass is 15.0. The third kappa shape index (κ3) is 3.64. The molecule has 4 heteroatoms. The molecule has 0 radical (unpaired) electrons. The Labute approximate surface area is 155 Å². The van der Waals surface area contributed by atoms with Crippen molar-refractivity contribution >= 4 is 11.2 Å². The van der Waals surface area contributed by atoms with Crippen molar-refractivity contribution in [1.82, 2.24) is 18.8 Å². The van der Waals surface area contributed by atoms with Crippen LogP contribution in [0, 0.1) is 0 Å². The summed E-state index contributed by atoms with van der Waals surface area (Å²) in [5.41, 5.74) is 4.91. The number of pyridine rings is 2. The predicted octanol–water partition coefficient (Wildman–Crippen LogP) is 5.26. The van der Waals surface area contributed by atoms with E-state index in [-0.39, 0.29) is 10.8 Å². The highest BCUT2D eigenvalue weighted by molar-refractivity contribution is 5.54. The molecule has 4 nitrogen and oxygen atoms in total. The van der Waals surface area contributed by atoms with Gasteiger partial charge in [-0.25, -0.2) is 9.97 Å². The Bertz CT molecular complexity index is 926. The second-order valence-corrected chi connectivity index (χ2v) is 8.66. The fourth-order valence-electron chi connectivity index (χ4n) is 3.01. The van der Waals surface area contributed by atoms with Gasteiger partial charge in [-0.1, -0.05) is 53.7 Å². The van der Waals surface area contributed by atoms with E-state index in [1.54, 1.807) is 0 Å². The van der Waals surface area contributed by atoms with Crippen molar-refractivity contribution in [2.45, 2.75) is 52.4 Å². The van der Waals surface area contributed by atoms with Crippen LogP contribution in [0.25, 0.3) is 11.2 Å². The number of rotatable bonds is 0. The number of hydrogen-bond donors (Lipinski definition) is 0. The van der Waals surface area contributed by atoms with E-state index in [0.717, 1.165) is 11.3 Å². The van der Waals surface area contributed by atoms with Gasteiger partial charge in [0.05, 0.1) is 17.5 Å². The minimum atomic E-state index is 0.121. The fraction of sp³-hybridized carbons (Fsp3) is 0.364. The number of hydrogen-bond acceptors (Lipinski definition) is 2. The second-order valence-electron chi connectivity index (χ2n) is 8.66. The SMILES string of the molecule is CC(C)(C)c1cnc2ccccn12.CC(C)(C)c1ncn2ccccc12. The number of fused-ring (bicyclic) bond motifs is 2. The molecule has 4 aromatic heterocycles. The maximum Gasteiger partial charge on any atom is 0.136 e. The van der Waals surface area contributed by atoms with Crippen LogP contribution in [0.3, 0.4) is 0 Å². The Morgan fingerprint density at radius 2 is 1.46 bits per heavy atom. The van der Waals surface area contributed by atoms with Crippen molar-refractivity contribution in [3.63, 3.8) is 0 Å². The van der Waals surface area contributed by atoms with Gasteiger partial charge in [0, 0.05) is 35.1 Å². The van der Waals surface area contributed by atoms with E-state index in [1.165, 1.54) is 11.2 Å². The van der Waals surface area contributed by atoms with Crippen LogP contribution in [0.2, 0.25) is 0 Å². The van der Waals surface area contributed by atoms with Crippen LogP contribution < -0.4 is 0 Å². The molecule has 4 heterocycles. The molecule has 0 saturated heterocycles. The van der Waals surface area contributed by atoms with Gasteiger partial charge in [-0.05, 0) is 24.3 Å². The van der Waals surface area contributed by atoms with Gasteiger partial charge in [0.2, 0.25) is 0 Å². The summed E-state index contributed by atoms with van der Waals surface area (Å²) >= 11 is 0. The Balaban J connectivity index is 0.000000151. The smallest absolute Gasteiger partial charge is 0.136 e. The molecule has 0 aliphatic rings. The average molecular weight is 348 g/mol. The lowest BCUT2D eigenvalue weighted by molar-refractivity contribution is 0.563. The molecule has 0 fully saturated rings. The molecule has 26 heavy (non-hydrogen) atoms. The Morgan fingerprint density at radius 3 is 2.15 bits per heavy atom. The van der Waals surface area contributed by atoms with E-state index in [2.05, 4.69) is 72.6 Å². The van der Waals surface area contributed by atoms with Gasteiger partial charge in [-0.2, -0.15) is 0 Å². The highest BCUT2D eigenvalue weighted by Crippen LogP contribution is 2.24. The van der Waals surface area contributed by atoms with Gasteiger partial charge in [0.1, 0.15) is 5.65 Å². The predicted molar refractivity (Wildman–Crippen MR) is 108 cm³/mol. The van der Waals surface area contributed by atoms with Crippen LogP contribution in [0.1, 0.15) is 52.9 Å². The molecule has 0 spiro atoms. The molecule has 0 N–H and O–H groups in total. The minimum Gasteiger partial charge on any atom is -0.306 e. The van der Waals surface area contributed by atoms with Crippen LogP contribution in [0.15, 0.2) is 61.3 Å². The summed E-state index contributed by atoms with van der Waals surface area (Å²) in [6.07, 6.45) is 7.91. The summed E-state index contributed by atoms with van der Waals surface area (Å²) in [4.78, 5) is 8.78. The monoisotopic (exact) mass is 348 g/mol. The number of imidazole rings is 2. The van der Waals surface area contributed by atoms with Crippen LogP contribution in [-0.4, -0.2) is 18.8 Å². The van der Waals surface area contributed by atoms with Gasteiger partial charge in [-0.3, -0.25) is 0 Å². The quantitative estimate of drug-likeness (QED) is 0.434. The first-order valence-corrected chi connectivity index (χ1v) is 9.03. The van der Waals surface area contributed by atoms with Gasteiger partial charge in [0.15, 0.2) is 0 Å². The van der Waals surface area contributed by atoms with Crippen LogP contribution in [-0.2, 0) is 10.8 Å². The maximum absolute atomic E-state index is 4.43. The molecule has 0 aliphatic carbocycles. The zero-order chi connectivity index (χ0) is 18.9. The lowest BCUT2D eigenvalue weighted by Gasteiger charge is -2.17. The summed E-state index contributed by atoms with van der Waals surface area (Å²) in [5, 5.41) is 0.